The van der Waals surface area contributed by atoms with Crippen molar-refractivity contribution < 1.29 is 4.74 Å². The maximum Gasteiger partial charge on any atom is 0.232 e. The molecule has 5 heteroatoms. The molecule has 0 aromatic carbocycles. The predicted molar refractivity (Wildman–Crippen MR) is 60.7 cm³/mol. The molecule has 3 heterocycles. The van der Waals surface area contributed by atoms with Crippen LogP contribution in [0.5, 0.6) is 5.88 Å². The van der Waals surface area contributed by atoms with E-state index in [4.69, 9.17) is 16.3 Å². The molecule has 2 aliphatic heterocycles. The van der Waals surface area contributed by atoms with E-state index in [1.165, 1.54) is 0 Å². The van der Waals surface area contributed by atoms with Crippen LogP contribution in [-0.4, -0.2) is 41.6 Å². The van der Waals surface area contributed by atoms with Crippen molar-refractivity contribution in [1.29, 1.82) is 0 Å². The summed E-state index contributed by atoms with van der Waals surface area (Å²) in [5.41, 5.74) is 0.848. The average molecular weight is 240 g/mol. The van der Waals surface area contributed by atoms with Crippen LogP contribution in [0.1, 0.15) is 12.1 Å². The molecule has 0 spiro atoms. The number of fused-ring (bicyclic) bond motifs is 2. The fourth-order valence-electron chi connectivity index (χ4n) is 2.74. The molecule has 2 bridgehead atoms. The number of halogens is 1. The maximum atomic E-state index is 6.72. The Labute approximate surface area is 99.6 Å². The Kier molecular flexibility index (Phi) is 2.30. The van der Waals surface area contributed by atoms with Gasteiger partial charge in [-0.05, 0) is 18.9 Å². The number of methoxy groups -OCH3 is 1. The normalized spacial score (nSPS) is 36.6. The van der Waals surface area contributed by atoms with Crippen LogP contribution in [0.15, 0.2) is 12.4 Å². The molecule has 1 aromatic rings. The lowest BCUT2D eigenvalue weighted by Gasteiger charge is -2.30. The van der Waals surface area contributed by atoms with Gasteiger partial charge in [0, 0.05) is 13.1 Å². The number of ether oxygens (including phenoxy) is 1. The van der Waals surface area contributed by atoms with Gasteiger partial charge in [-0.3, -0.25) is 4.98 Å². The minimum Gasteiger partial charge on any atom is -0.480 e. The summed E-state index contributed by atoms with van der Waals surface area (Å²) in [5.74, 6) is 1.03. The van der Waals surface area contributed by atoms with E-state index in [0.29, 0.717) is 11.8 Å². The summed E-state index contributed by atoms with van der Waals surface area (Å²) in [6, 6.07) is 0. The highest BCUT2D eigenvalue weighted by molar-refractivity contribution is 6.24. The van der Waals surface area contributed by atoms with Gasteiger partial charge in [0.15, 0.2) is 0 Å². The maximum absolute atomic E-state index is 6.72. The molecule has 3 unspecified atom stereocenters. The van der Waals surface area contributed by atoms with Gasteiger partial charge in [0.05, 0.1) is 25.2 Å². The lowest BCUT2D eigenvalue weighted by Crippen LogP contribution is -2.35. The van der Waals surface area contributed by atoms with Gasteiger partial charge >= 0.3 is 0 Å². The number of nitrogens with zero attached hydrogens (tertiary/aromatic N) is 3. The third kappa shape index (κ3) is 1.40. The summed E-state index contributed by atoms with van der Waals surface area (Å²) < 4.78 is 5.09. The number of rotatable bonds is 2. The summed E-state index contributed by atoms with van der Waals surface area (Å²) in [6.07, 6.45) is 4.52. The molecule has 0 amide bonds. The molecule has 2 aliphatic rings. The number of aromatic nitrogens is 2. The van der Waals surface area contributed by atoms with Crippen molar-refractivity contribution in [2.75, 3.05) is 26.7 Å². The number of hydrogen-bond donors (Lipinski definition) is 0. The zero-order valence-corrected chi connectivity index (χ0v) is 9.94. The van der Waals surface area contributed by atoms with Crippen LogP contribution < -0.4 is 4.74 Å². The van der Waals surface area contributed by atoms with Gasteiger partial charge in [-0.1, -0.05) is 0 Å². The Hall–Kier alpha value is -0.870. The van der Waals surface area contributed by atoms with Crippen LogP contribution in [0.2, 0.25) is 0 Å². The van der Waals surface area contributed by atoms with Gasteiger partial charge in [0.2, 0.25) is 5.88 Å². The Morgan fingerprint density at radius 2 is 2.44 bits per heavy atom. The van der Waals surface area contributed by atoms with Crippen molar-refractivity contribution in [1.82, 2.24) is 14.9 Å². The van der Waals surface area contributed by atoms with Crippen LogP contribution in [0, 0.1) is 5.92 Å². The lowest BCUT2D eigenvalue weighted by atomic mass is 9.89. The zero-order chi connectivity index (χ0) is 11.2. The smallest absolute Gasteiger partial charge is 0.232 e. The first-order valence-electron chi connectivity index (χ1n) is 5.50. The fourth-order valence-corrected chi connectivity index (χ4v) is 3.18. The van der Waals surface area contributed by atoms with Gasteiger partial charge in [-0.2, -0.15) is 0 Å². The third-order valence-corrected chi connectivity index (χ3v) is 4.24. The van der Waals surface area contributed by atoms with Crippen molar-refractivity contribution in [3.8, 4) is 5.88 Å². The quantitative estimate of drug-likeness (QED) is 0.729. The molecule has 0 saturated carbocycles. The topological polar surface area (TPSA) is 38.2 Å². The highest BCUT2D eigenvalue weighted by Crippen LogP contribution is 2.47. The van der Waals surface area contributed by atoms with E-state index in [0.717, 1.165) is 31.7 Å². The highest BCUT2D eigenvalue weighted by atomic mass is 35.5. The first kappa shape index (κ1) is 10.3. The van der Waals surface area contributed by atoms with Gasteiger partial charge in [-0.15, -0.1) is 11.6 Å². The molecule has 3 atom stereocenters. The minimum absolute atomic E-state index is 0.361. The van der Waals surface area contributed by atoms with E-state index >= 15 is 0 Å². The first-order valence-corrected chi connectivity index (χ1v) is 5.88. The molecule has 86 valence electrons. The average Bonchev–Trinajstić information content (AvgIpc) is 2.89. The standard InChI is InChI=1S/C11H14ClN3O/c1-16-10-5-13-4-9(14-10)11(12)7-15-3-2-8(11)6-15/h4-5,8H,2-3,6-7H2,1H3. The van der Waals surface area contributed by atoms with E-state index in [9.17, 15) is 0 Å². The van der Waals surface area contributed by atoms with Crippen molar-refractivity contribution in [3.63, 3.8) is 0 Å². The molecule has 1 aromatic heterocycles. The molecule has 0 N–H and O–H groups in total. The molecule has 16 heavy (non-hydrogen) atoms. The van der Waals surface area contributed by atoms with Gasteiger partial charge in [0.1, 0.15) is 4.87 Å². The summed E-state index contributed by atoms with van der Waals surface area (Å²) in [6.45, 7) is 3.12. The first-order chi connectivity index (χ1) is 7.72. The van der Waals surface area contributed by atoms with Crippen molar-refractivity contribution in [3.05, 3.63) is 18.1 Å². The highest BCUT2D eigenvalue weighted by Gasteiger charge is 2.51. The number of hydrogen-bond acceptors (Lipinski definition) is 4. The molecule has 2 saturated heterocycles. The van der Waals surface area contributed by atoms with Crippen LogP contribution in [0.3, 0.4) is 0 Å². The van der Waals surface area contributed by atoms with Crippen molar-refractivity contribution in [2.24, 2.45) is 5.92 Å². The molecule has 0 aliphatic carbocycles. The van der Waals surface area contributed by atoms with Crippen LogP contribution in [0.25, 0.3) is 0 Å². The largest absolute Gasteiger partial charge is 0.480 e. The second kappa shape index (κ2) is 3.57. The summed E-state index contributed by atoms with van der Waals surface area (Å²) in [7, 11) is 1.60. The second-order valence-corrected chi connectivity index (χ2v) is 5.20. The van der Waals surface area contributed by atoms with E-state index in [2.05, 4.69) is 14.9 Å². The molecular weight excluding hydrogens is 226 g/mol. The van der Waals surface area contributed by atoms with Gasteiger partial charge in [0.25, 0.3) is 0 Å². The predicted octanol–water partition coefficient (Wildman–Crippen LogP) is 1.25. The van der Waals surface area contributed by atoms with E-state index in [-0.39, 0.29) is 4.87 Å². The fraction of sp³-hybridized carbons (Fsp3) is 0.636. The van der Waals surface area contributed by atoms with Gasteiger partial charge < -0.3 is 9.64 Å². The summed E-state index contributed by atoms with van der Waals surface area (Å²) in [4.78, 5) is 10.6. The molecule has 4 nitrogen and oxygen atoms in total. The molecule has 2 fully saturated rings. The third-order valence-electron chi connectivity index (χ3n) is 3.62. The Bertz CT molecular complexity index is 414. The monoisotopic (exact) mass is 239 g/mol. The molecule has 0 radical (unpaired) electrons. The van der Waals surface area contributed by atoms with Crippen LogP contribution in [0.4, 0.5) is 0 Å². The minimum atomic E-state index is -0.361. The van der Waals surface area contributed by atoms with Crippen LogP contribution >= 0.6 is 11.6 Å². The lowest BCUT2D eigenvalue weighted by molar-refractivity contribution is 0.316. The van der Waals surface area contributed by atoms with E-state index in [1.54, 1.807) is 19.5 Å². The Morgan fingerprint density at radius 3 is 3.06 bits per heavy atom. The van der Waals surface area contributed by atoms with Crippen molar-refractivity contribution >= 4 is 11.6 Å². The van der Waals surface area contributed by atoms with Gasteiger partial charge in [-0.25, -0.2) is 4.98 Å². The van der Waals surface area contributed by atoms with Crippen molar-refractivity contribution in [2.45, 2.75) is 11.3 Å². The summed E-state index contributed by atoms with van der Waals surface area (Å²) >= 11 is 6.72. The van der Waals surface area contributed by atoms with E-state index in [1.807, 2.05) is 0 Å². The summed E-state index contributed by atoms with van der Waals surface area (Å²) in [5, 5.41) is 0. The second-order valence-electron chi connectivity index (χ2n) is 4.53. The van der Waals surface area contributed by atoms with E-state index < -0.39 is 0 Å². The zero-order valence-electron chi connectivity index (χ0n) is 9.19. The SMILES string of the molecule is COc1cncc(C2(Cl)CN3CCC2C3)n1. The van der Waals surface area contributed by atoms with Crippen LogP contribution in [-0.2, 0) is 4.87 Å². The molecule has 3 rings (SSSR count). The molecular formula is C11H14ClN3O. The Morgan fingerprint density at radius 1 is 1.56 bits per heavy atom. The Balaban J connectivity index is 1.96. The number of piperidine rings is 1. The number of alkyl halides is 1.